The summed E-state index contributed by atoms with van der Waals surface area (Å²) in [6, 6.07) is 9.78. The molecule has 0 amide bonds. The maximum Gasteiger partial charge on any atom is 0.169 e. The zero-order valence-electron chi connectivity index (χ0n) is 10.8. The standard InChI is InChI=1S/C15H15FO3/c1-10-6-7-13(14(8-10)18-2)19-15-11(9-17)4-3-5-12(15)16/h3-8,17H,9H2,1-2H3. The number of hydrogen-bond donors (Lipinski definition) is 1. The second kappa shape index (κ2) is 5.71. The van der Waals surface area contributed by atoms with Crippen molar-refractivity contribution in [2.45, 2.75) is 13.5 Å². The average molecular weight is 262 g/mol. The highest BCUT2D eigenvalue weighted by Gasteiger charge is 2.13. The molecule has 0 aliphatic heterocycles. The third-order valence-corrected chi connectivity index (χ3v) is 2.75. The number of aliphatic hydroxyl groups is 1. The van der Waals surface area contributed by atoms with Crippen molar-refractivity contribution in [2.24, 2.45) is 0 Å². The first-order chi connectivity index (χ1) is 9.15. The summed E-state index contributed by atoms with van der Waals surface area (Å²) in [5.41, 5.74) is 1.41. The minimum absolute atomic E-state index is 0.0205. The molecule has 3 nitrogen and oxygen atoms in total. The zero-order chi connectivity index (χ0) is 13.8. The van der Waals surface area contributed by atoms with Gasteiger partial charge >= 0.3 is 0 Å². The minimum atomic E-state index is -0.519. The van der Waals surface area contributed by atoms with E-state index in [-0.39, 0.29) is 12.4 Å². The van der Waals surface area contributed by atoms with E-state index in [2.05, 4.69) is 0 Å². The molecule has 0 saturated carbocycles. The molecule has 0 aliphatic rings. The number of aryl methyl sites for hydroxylation is 1. The van der Waals surface area contributed by atoms with Gasteiger partial charge in [-0.25, -0.2) is 4.39 Å². The fourth-order valence-electron chi connectivity index (χ4n) is 1.76. The van der Waals surface area contributed by atoms with E-state index >= 15 is 0 Å². The molecule has 100 valence electrons. The molecule has 2 rings (SSSR count). The summed E-state index contributed by atoms with van der Waals surface area (Å²) in [7, 11) is 1.52. The van der Waals surface area contributed by atoms with Gasteiger partial charge in [-0.2, -0.15) is 0 Å². The quantitative estimate of drug-likeness (QED) is 0.917. The van der Waals surface area contributed by atoms with Crippen molar-refractivity contribution in [3.8, 4) is 17.2 Å². The van der Waals surface area contributed by atoms with Gasteiger partial charge in [-0.3, -0.25) is 0 Å². The molecule has 1 N–H and O–H groups in total. The van der Waals surface area contributed by atoms with E-state index in [4.69, 9.17) is 9.47 Å². The Kier molecular flexibility index (Phi) is 4.02. The van der Waals surface area contributed by atoms with Crippen LogP contribution < -0.4 is 9.47 Å². The lowest BCUT2D eigenvalue weighted by Crippen LogP contribution is -1.97. The molecule has 0 radical (unpaired) electrons. The van der Waals surface area contributed by atoms with Gasteiger partial charge in [-0.15, -0.1) is 0 Å². The molecule has 19 heavy (non-hydrogen) atoms. The normalized spacial score (nSPS) is 10.3. The van der Waals surface area contributed by atoms with Gasteiger partial charge in [0.1, 0.15) is 0 Å². The summed E-state index contributed by atoms with van der Waals surface area (Å²) in [4.78, 5) is 0. The number of aliphatic hydroxyl groups excluding tert-OH is 1. The summed E-state index contributed by atoms with van der Waals surface area (Å²) in [5, 5.41) is 9.21. The van der Waals surface area contributed by atoms with Gasteiger partial charge in [-0.1, -0.05) is 18.2 Å². The molecule has 2 aromatic carbocycles. The van der Waals surface area contributed by atoms with Gasteiger partial charge in [0.15, 0.2) is 23.1 Å². The fourth-order valence-corrected chi connectivity index (χ4v) is 1.76. The second-order valence-corrected chi connectivity index (χ2v) is 4.14. The van der Waals surface area contributed by atoms with Crippen LogP contribution in [0.4, 0.5) is 4.39 Å². The van der Waals surface area contributed by atoms with Crippen molar-refractivity contribution < 1.29 is 19.0 Å². The van der Waals surface area contributed by atoms with E-state index in [1.54, 1.807) is 18.2 Å². The van der Waals surface area contributed by atoms with Crippen molar-refractivity contribution in [3.05, 3.63) is 53.3 Å². The summed E-state index contributed by atoms with van der Waals surface area (Å²) in [6.07, 6.45) is 0. The van der Waals surface area contributed by atoms with Crippen LogP contribution in [-0.2, 0) is 6.61 Å². The number of benzene rings is 2. The number of para-hydroxylation sites is 1. The largest absolute Gasteiger partial charge is 0.493 e. The molecule has 0 spiro atoms. The first-order valence-corrected chi connectivity index (χ1v) is 5.86. The molecule has 0 bridgehead atoms. The van der Waals surface area contributed by atoms with Gasteiger partial charge in [0.25, 0.3) is 0 Å². The average Bonchev–Trinajstić information content (AvgIpc) is 2.42. The van der Waals surface area contributed by atoms with Crippen molar-refractivity contribution in [1.82, 2.24) is 0 Å². The van der Waals surface area contributed by atoms with E-state index in [9.17, 15) is 9.50 Å². The van der Waals surface area contributed by atoms with E-state index in [0.29, 0.717) is 17.1 Å². The summed E-state index contributed by atoms with van der Waals surface area (Å²) >= 11 is 0. The SMILES string of the molecule is COc1cc(C)ccc1Oc1c(F)cccc1CO. The summed E-state index contributed by atoms with van der Waals surface area (Å²) < 4.78 is 24.5. The molecule has 0 aliphatic carbocycles. The molecule has 0 unspecified atom stereocenters. The Balaban J connectivity index is 2.41. The smallest absolute Gasteiger partial charge is 0.169 e. The molecule has 0 aromatic heterocycles. The van der Waals surface area contributed by atoms with E-state index in [1.165, 1.54) is 19.2 Å². The predicted molar refractivity (Wildman–Crippen MR) is 70.1 cm³/mol. The molecule has 2 aromatic rings. The molecule has 4 heteroatoms. The first-order valence-electron chi connectivity index (χ1n) is 5.86. The van der Waals surface area contributed by atoms with Crippen LogP contribution in [0.5, 0.6) is 17.2 Å². The summed E-state index contributed by atoms with van der Waals surface area (Å²) in [6.45, 7) is 1.63. The van der Waals surface area contributed by atoms with E-state index in [1.807, 2.05) is 13.0 Å². The second-order valence-electron chi connectivity index (χ2n) is 4.14. The lowest BCUT2D eigenvalue weighted by Gasteiger charge is -2.13. The van der Waals surface area contributed by atoms with Crippen LogP contribution in [0.2, 0.25) is 0 Å². The Bertz CT molecular complexity index is 582. The van der Waals surface area contributed by atoms with Crippen molar-refractivity contribution >= 4 is 0 Å². The van der Waals surface area contributed by atoms with Crippen LogP contribution in [0.25, 0.3) is 0 Å². The molecule has 0 saturated heterocycles. The van der Waals surface area contributed by atoms with Crippen LogP contribution in [0.1, 0.15) is 11.1 Å². The van der Waals surface area contributed by atoms with Gasteiger partial charge < -0.3 is 14.6 Å². The van der Waals surface area contributed by atoms with Crippen LogP contribution in [0, 0.1) is 12.7 Å². The third-order valence-electron chi connectivity index (χ3n) is 2.75. The number of halogens is 1. The monoisotopic (exact) mass is 262 g/mol. The predicted octanol–water partition coefficient (Wildman–Crippen LogP) is 3.43. The molecule has 0 atom stereocenters. The Labute approximate surface area is 111 Å². The topological polar surface area (TPSA) is 38.7 Å². The number of ether oxygens (including phenoxy) is 2. The van der Waals surface area contributed by atoms with Crippen molar-refractivity contribution in [3.63, 3.8) is 0 Å². The van der Waals surface area contributed by atoms with Crippen LogP contribution in [0.3, 0.4) is 0 Å². The number of hydrogen-bond acceptors (Lipinski definition) is 3. The van der Waals surface area contributed by atoms with E-state index < -0.39 is 5.82 Å². The molecule has 0 fully saturated rings. The fraction of sp³-hybridized carbons (Fsp3) is 0.200. The number of methoxy groups -OCH3 is 1. The molecular formula is C15H15FO3. The van der Waals surface area contributed by atoms with Gasteiger partial charge in [0, 0.05) is 5.56 Å². The highest BCUT2D eigenvalue weighted by atomic mass is 19.1. The minimum Gasteiger partial charge on any atom is -0.493 e. The van der Waals surface area contributed by atoms with Crippen molar-refractivity contribution in [2.75, 3.05) is 7.11 Å². The van der Waals surface area contributed by atoms with E-state index in [0.717, 1.165) is 5.56 Å². The molecular weight excluding hydrogens is 247 g/mol. The van der Waals surface area contributed by atoms with Gasteiger partial charge in [0.2, 0.25) is 0 Å². The third kappa shape index (κ3) is 2.85. The maximum absolute atomic E-state index is 13.8. The zero-order valence-corrected chi connectivity index (χ0v) is 10.8. The lowest BCUT2D eigenvalue weighted by molar-refractivity contribution is 0.273. The maximum atomic E-state index is 13.8. The Morgan fingerprint density at radius 1 is 1.16 bits per heavy atom. The van der Waals surface area contributed by atoms with Crippen LogP contribution >= 0.6 is 0 Å². The first kappa shape index (κ1) is 13.4. The van der Waals surface area contributed by atoms with Gasteiger partial charge in [0.05, 0.1) is 13.7 Å². The summed E-state index contributed by atoms with van der Waals surface area (Å²) in [5.74, 6) is 0.432. The Hall–Kier alpha value is -2.07. The Morgan fingerprint density at radius 3 is 2.63 bits per heavy atom. The van der Waals surface area contributed by atoms with Crippen LogP contribution in [0.15, 0.2) is 36.4 Å². The molecule has 0 heterocycles. The van der Waals surface area contributed by atoms with Crippen LogP contribution in [-0.4, -0.2) is 12.2 Å². The lowest BCUT2D eigenvalue weighted by atomic mass is 10.2. The highest BCUT2D eigenvalue weighted by molar-refractivity contribution is 5.47. The Morgan fingerprint density at radius 2 is 1.95 bits per heavy atom. The highest BCUT2D eigenvalue weighted by Crippen LogP contribution is 2.35. The van der Waals surface area contributed by atoms with Crippen molar-refractivity contribution in [1.29, 1.82) is 0 Å². The number of rotatable bonds is 4. The van der Waals surface area contributed by atoms with Gasteiger partial charge in [-0.05, 0) is 30.7 Å².